The summed E-state index contributed by atoms with van der Waals surface area (Å²) in [4.78, 5) is 36.2. The fourth-order valence-corrected chi connectivity index (χ4v) is 2.81. The Morgan fingerprint density at radius 3 is 2.58 bits per heavy atom. The third-order valence-electron chi connectivity index (χ3n) is 4.16. The van der Waals surface area contributed by atoms with Crippen molar-refractivity contribution >= 4 is 17.7 Å². The van der Waals surface area contributed by atoms with Crippen LogP contribution in [0.25, 0.3) is 0 Å². The molecule has 2 rings (SSSR count). The van der Waals surface area contributed by atoms with Gasteiger partial charge in [0.05, 0.1) is 6.42 Å². The zero-order valence-electron chi connectivity index (χ0n) is 14.6. The summed E-state index contributed by atoms with van der Waals surface area (Å²) in [7, 11) is 0. The first kappa shape index (κ1) is 19.8. The molecule has 1 aromatic carbocycles. The first-order valence-electron chi connectivity index (χ1n) is 8.67. The van der Waals surface area contributed by atoms with Crippen LogP contribution in [0.4, 0.5) is 8.78 Å². The van der Waals surface area contributed by atoms with Crippen LogP contribution in [0.2, 0.25) is 0 Å². The topological polar surface area (TPSA) is 87.3 Å². The summed E-state index contributed by atoms with van der Waals surface area (Å²) in [5.41, 5.74) is 0.173. The lowest BCUT2D eigenvalue weighted by atomic mass is 10.0. The van der Waals surface area contributed by atoms with Crippen LogP contribution in [0.15, 0.2) is 18.2 Å². The van der Waals surface area contributed by atoms with Gasteiger partial charge in [-0.2, -0.15) is 0 Å². The second-order valence-electron chi connectivity index (χ2n) is 6.45. The predicted molar refractivity (Wildman–Crippen MR) is 91.1 cm³/mol. The molecule has 0 aliphatic carbocycles. The number of benzene rings is 1. The van der Waals surface area contributed by atoms with Crippen LogP contribution in [0.5, 0.6) is 0 Å². The van der Waals surface area contributed by atoms with Crippen LogP contribution < -0.4 is 16.0 Å². The van der Waals surface area contributed by atoms with E-state index < -0.39 is 35.5 Å². The minimum Gasteiger partial charge on any atom is -0.354 e. The van der Waals surface area contributed by atoms with Gasteiger partial charge in [0.1, 0.15) is 23.7 Å². The molecule has 3 amide bonds. The molecular weight excluding hydrogens is 344 g/mol. The fraction of sp³-hybridized carbons (Fsp3) is 0.500. The second kappa shape index (κ2) is 9.26. The Hall–Kier alpha value is -2.51. The zero-order chi connectivity index (χ0) is 19.1. The van der Waals surface area contributed by atoms with Gasteiger partial charge in [0, 0.05) is 12.6 Å². The Balaban J connectivity index is 1.87. The SMILES string of the molecule is CC(NC(=O)Cc1cc(F)cc(F)c1)C(=O)NC1CCCCCNC1=O. The first-order chi connectivity index (χ1) is 12.3. The first-order valence-corrected chi connectivity index (χ1v) is 8.67. The van der Waals surface area contributed by atoms with E-state index in [1.54, 1.807) is 0 Å². The van der Waals surface area contributed by atoms with Crippen molar-refractivity contribution in [3.05, 3.63) is 35.4 Å². The molecule has 1 saturated heterocycles. The lowest BCUT2D eigenvalue weighted by molar-refractivity contribution is -0.131. The lowest BCUT2D eigenvalue weighted by Crippen LogP contribution is -2.53. The number of carbonyl (C=O) groups excluding carboxylic acids is 3. The van der Waals surface area contributed by atoms with E-state index in [-0.39, 0.29) is 17.9 Å². The average molecular weight is 367 g/mol. The molecule has 0 radical (unpaired) electrons. The van der Waals surface area contributed by atoms with Crippen molar-refractivity contribution < 1.29 is 23.2 Å². The van der Waals surface area contributed by atoms with Gasteiger partial charge in [-0.15, -0.1) is 0 Å². The molecule has 0 saturated carbocycles. The number of carbonyl (C=O) groups is 3. The molecule has 1 heterocycles. The molecule has 0 bridgehead atoms. The summed E-state index contributed by atoms with van der Waals surface area (Å²) < 4.78 is 26.3. The Kier molecular flexibility index (Phi) is 7.06. The third-order valence-corrected chi connectivity index (χ3v) is 4.16. The molecule has 0 spiro atoms. The third kappa shape index (κ3) is 6.09. The molecule has 2 atom stereocenters. The van der Waals surface area contributed by atoms with Crippen molar-refractivity contribution in [1.29, 1.82) is 0 Å². The van der Waals surface area contributed by atoms with Crippen LogP contribution in [0, 0.1) is 11.6 Å². The van der Waals surface area contributed by atoms with Gasteiger partial charge in [-0.1, -0.05) is 12.8 Å². The van der Waals surface area contributed by atoms with E-state index in [2.05, 4.69) is 16.0 Å². The standard InChI is InChI=1S/C18H23F2N3O3/c1-11(17(25)23-15-5-3-2-4-6-21-18(15)26)22-16(24)9-12-7-13(19)10-14(20)8-12/h7-8,10-11,15H,2-6,9H2,1H3,(H,21,26)(H,22,24)(H,23,25). The van der Waals surface area contributed by atoms with Crippen LogP contribution in [-0.4, -0.2) is 36.3 Å². The quantitative estimate of drug-likeness (QED) is 0.731. The number of hydrogen-bond donors (Lipinski definition) is 3. The molecule has 1 fully saturated rings. The Bertz CT molecular complexity index is 661. The summed E-state index contributed by atoms with van der Waals surface area (Å²) in [5, 5.41) is 7.86. The average Bonchev–Trinajstić information content (AvgIpc) is 2.53. The van der Waals surface area contributed by atoms with Gasteiger partial charge in [0.25, 0.3) is 0 Å². The molecule has 1 aromatic rings. The van der Waals surface area contributed by atoms with Gasteiger partial charge >= 0.3 is 0 Å². The van der Waals surface area contributed by atoms with Crippen LogP contribution in [-0.2, 0) is 20.8 Å². The highest BCUT2D eigenvalue weighted by Crippen LogP contribution is 2.09. The molecule has 26 heavy (non-hydrogen) atoms. The summed E-state index contributed by atoms with van der Waals surface area (Å²) in [6, 6.07) is 1.34. The van der Waals surface area contributed by atoms with Crippen LogP contribution >= 0.6 is 0 Å². The highest BCUT2D eigenvalue weighted by Gasteiger charge is 2.24. The van der Waals surface area contributed by atoms with Gasteiger partial charge in [-0.05, 0) is 37.5 Å². The number of rotatable bonds is 5. The van der Waals surface area contributed by atoms with Crippen molar-refractivity contribution in [2.24, 2.45) is 0 Å². The fourth-order valence-electron chi connectivity index (χ4n) is 2.81. The Morgan fingerprint density at radius 2 is 1.88 bits per heavy atom. The lowest BCUT2D eigenvalue weighted by Gasteiger charge is -2.23. The van der Waals surface area contributed by atoms with Gasteiger partial charge < -0.3 is 16.0 Å². The molecule has 8 heteroatoms. The van der Waals surface area contributed by atoms with E-state index in [9.17, 15) is 23.2 Å². The largest absolute Gasteiger partial charge is 0.354 e. The van der Waals surface area contributed by atoms with E-state index in [1.807, 2.05) is 0 Å². The minimum absolute atomic E-state index is 0.173. The maximum Gasteiger partial charge on any atom is 0.242 e. The summed E-state index contributed by atoms with van der Waals surface area (Å²) >= 11 is 0. The number of hydrogen-bond acceptors (Lipinski definition) is 3. The van der Waals surface area contributed by atoms with Gasteiger partial charge in [0.15, 0.2) is 0 Å². The normalized spacial score (nSPS) is 18.9. The van der Waals surface area contributed by atoms with E-state index in [4.69, 9.17) is 0 Å². The minimum atomic E-state index is -0.876. The van der Waals surface area contributed by atoms with Crippen molar-refractivity contribution in [1.82, 2.24) is 16.0 Å². The predicted octanol–water partition coefficient (Wildman–Crippen LogP) is 1.19. The maximum absolute atomic E-state index is 13.2. The Labute approximate surface area is 150 Å². The van der Waals surface area contributed by atoms with Crippen molar-refractivity contribution in [2.75, 3.05) is 6.54 Å². The molecule has 1 aliphatic heterocycles. The zero-order valence-corrected chi connectivity index (χ0v) is 14.6. The molecule has 6 nitrogen and oxygen atoms in total. The Morgan fingerprint density at radius 1 is 1.19 bits per heavy atom. The summed E-state index contributed by atoms with van der Waals surface area (Å²) in [6.07, 6.45) is 3.02. The highest BCUT2D eigenvalue weighted by atomic mass is 19.1. The van der Waals surface area contributed by atoms with E-state index in [0.717, 1.165) is 37.5 Å². The molecule has 142 valence electrons. The maximum atomic E-state index is 13.2. The smallest absolute Gasteiger partial charge is 0.242 e. The van der Waals surface area contributed by atoms with Crippen molar-refractivity contribution in [3.8, 4) is 0 Å². The summed E-state index contributed by atoms with van der Waals surface area (Å²) in [5.74, 6) is -2.79. The van der Waals surface area contributed by atoms with Crippen LogP contribution in [0.1, 0.15) is 38.2 Å². The number of nitrogens with one attached hydrogen (secondary N) is 3. The second-order valence-corrected chi connectivity index (χ2v) is 6.45. The van der Waals surface area contributed by atoms with E-state index in [1.165, 1.54) is 6.92 Å². The van der Waals surface area contributed by atoms with Gasteiger partial charge in [-0.3, -0.25) is 14.4 Å². The summed E-state index contributed by atoms with van der Waals surface area (Å²) in [6.45, 7) is 2.07. The van der Waals surface area contributed by atoms with Crippen molar-refractivity contribution in [3.63, 3.8) is 0 Å². The van der Waals surface area contributed by atoms with E-state index in [0.29, 0.717) is 13.0 Å². The van der Waals surface area contributed by atoms with E-state index >= 15 is 0 Å². The number of amides is 3. The van der Waals surface area contributed by atoms with Crippen LogP contribution in [0.3, 0.4) is 0 Å². The molecule has 1 aliphatic rings. The molecule has 2 unspecified atom stereocenters. The van der Waals surface area contributed by atoms with Gasteiger partial charge in [-0.25, -0.2) is 8.78 Å². The van der Waals surface area contributed by atoms with Gasteiger partial charge in [0.2, 0.25) is 17.7 Å². The van der Waals surface area contributed by atoms with Crippen molar-refractivity contribution in [2.45, 2.75) is 51.1 Å². The molecular formula is C18H23F2N3O3. The monoisotopic (exact) mass is 367 g/mol. The molecule has 0 aromatic heterocycles. The molecule has 3 N–H and O–H groups in total. The number of halogens is 2. The highest BCUT2D eigenvalue weighted by molar-refractivity contribution is 5.92.